The van der Waals surface area contributed by atoms with Gasteiger partial charge in [0.2, 0.25) is 18.3 Å². The van der Waals surface area contributed by atoms with E-state index in [-0.39, 0.29) is 30.6 Å². The van der Waals surface area contributed by atoms with E-state index in [2.05, 4.69) is 5.32 Å². The van der Waals surface area contributed by atoms with E-state index in [0.717, 1.165) is 16.7 Å². The lowest BCUT2D eigenvalue weighted by atomic mass is 9.71. The fourth-order valence-corrected chi connectivity index (χ4v) is 7.17. The second kappa shape index (κ2) is 16.8. The number of methoxy groups -OCH3 is 7. The molecule has 4 aromatic rings. The van der Waals surface area contributed by atoms with Crippen molar-refractivity contribution >= 4 is 24.0 Å². The molecule has 0 spiro atoms. The Kier molecular flexibility index (Phi) is 11.7. The summed E-state index contributed by atoms with van der Waals surface area (Å²) >= 11 is 0. The molecule has 55 heavy (non-hydrogen) atoms. The molecule has 1 aliphatic carbocycles. The number of halogens is 1. The summed E-state index contributed by atoms with van der Waals surface area (Å²) in [6, 6.07) is 14.4. The van der Waals surface area contributed by atoms with Crippen LogP contribution in [0.2, 0.25) is 0 Å². The molecule has 1 heterocycles. The number of fused-ring (bicyclic) bond motifs is 2. The number of ether oxygens (including phenoxy) is 10. The van der Waals surface area contributed by atoms with Crippen molar-refractivity contribution in [1.29, 1.82) is 0 Å². The largest absolute Gasteiger partial charge is 0.494 e. The molecule has 2 aliphatic rings. The zero-order chi connectivity index (χ0) is 39.2. The summed E-state index contributed by atoms with van der Waals surface area (Å²) in [7, 11) is 10.4. The molecule has 14 heteroatoms. The van der Waals surface area contributed by atoms with Crippen molar-refractivity contribution in [2.45, 2.75) is 18.4 Å². The maximum absolute atomic E-state index is 14.8. The van der Waals surface area contributed by atoms with E-state index in [0.29, 0.717) is 70.0 Å². The van der Waals surface area contributed by atoms with Gasteiger partial charge in [-0.1, -0.05) is 6.07 Å². The minimum Gasteiger partial charge on any atom is -0.494 e. The lowest BCUT2D eigenvalue weighted by Crippen LogP contribution is -2.40. The topological polar surface area (TPSA) is 138 Å². The molecule has 0 fully saturated rings. The van der Waals surface area contributed by atoms with Gasteiger partial charge >= 0.3 is 0 Å². The fourth-order valence-electron chi connectivity index (χ4n) is 7.17. The molecule has 3 atom stereocenters. The summed E-state index contributed by atoms with van der Waals surface area (Å²) in [4.78, 5) is 26.5. The standard InChI is InChI=1S/C41H42FNO12/c1-46-31-11-22(8-9-30(31)42)10-27(24-15-36(49-4)40(52-7)37(16-24)50-5)41(45)43-38-25(19-53-20-44)12-26(28-17-32-33(18-29(28)38)55-21-54-32)23-13-34(47-2)39(51-6)35(14-23)48-3/h8-11,13-18,20,25-26,38H,12,19,21H2,1-7H3,(H,43,45)/b27-10+/t25-,26-,38+/m1/s1. The van der Waals surface area contributed by atoms with E-state index in [1.807, 2.05) is 24.3 Å². The molecule has 0 bridgehead atoms. The molecule has 1 N–H and O–H groups in total. The molecule has 6 rings (SSSR count). The highest BCUT2D eigenvalue weighted by molar-refractivity contribution is 6.24. The molecule has 13 nitrogen and oxygen atoms in total. The molecule has 0 radical (unpaired) electrons. The molecule has 1 amide bonds. The van der Waals surface area contributed by atoms with Gasteiger partial charge < -0.3 is 52.7 Å². The van der Waals surface area contributed by atoms with Crippen molar-refractivity contribution in [2.75, 3.05) is 63.2 Å². The Hall–Kier alpha value is -6.31. The van der Waals surface area contributed by atoms with Crippen LogP contribution in [0.4, 0.5) is 4.39 Å². The number of hydrogen-bond acceptors (Lipinski definition) is 12. The predicted octanol–water partition coefficient (Wildman–Crippen LogP) is 6.34. The van der Waals surface area contributed by atoms with Crippen LogP contribution in [0, 0.1) is 11.7 Å². The summed E-state index contributed by atoms with van der Waals surface area (Å²) in [5, 5.41) is 3.24. The van der Waals surface area contributed by atoms with E-state index in [1.165, 1.54) is 53.7 Å². The van der Waals surface area contributed by atoms with Crippen molar-refractivity contribution in [1.82, 2.24) is 5.32 Å². The number of hydrogen-bond donors (Lipinski definition) is 1. The van der Waals surface area contributed by atoms with E-state index in [4.69, 9.17) is 47.4 Å². The molecular weight excluding hydrogens is 717 g/mol. The van der Waals surface area contributed by atoms with Crippen molar-refractivity contribution in [2.24, 2.45) is 5.92 Å². The number of carbonyl (C=O) groups excluding carboxylic acids is 2. The third-order valence-electron chi connectivity index (χ3n) is 9.76. The van der Waals surface area contributed by atoms with Crippen LogP contribution in [0.15, 0.2) is 54.6 Å². The quantitative estimate of drug-likeness (QED) is 0.0823. The summed E-state index contributed by atoms with van der Waals surface area (Å²) in [6.07, 6.45) is 2.03. The predicted molar refractivity (Wildman–Crippen MR) is 198 cm³/mol. The third-order valence-corrected chi connectivity index (χ3v) is 9.76. The van der Waals surface area contributed by atoms with Gasteiger partial charge in [0, 0.05) is 17.4 Å². The van der Waals surface area contributed by atoms with E-state index in [9.17, 15) is 14.0 Å². The molecule has 0 aromatic heterocycles. The lowest BCUT2D eigenvalue weighted by molar-refractivity contribution is -0.130. The first-order chi connectivity index (χ1) is 26.7. The van der Waals surface area contributed by atoms with Gasteiger partial charge in [-0.2, -0.15) is 0 Å². The van der Waals surface area contributed by atoms with Gasteiger partial charge in [-0.05, 0) is 88.8 Å². The van der Waals surface area contributed by atoms with Gasteiger partial charge in [0.15, 0.2) is 46.1 Å². The van der Waals surface area contributed by atoms with E-state index >= 15 is 0 Å². The molecule has 290 valence electrons. The first-order valence-corrected chi connectivity index (χ1v) is 17.2. The summed E-state index contributed by atoms with van der Waals surface area (Å²) in [6.45, 7) is 0.379. The molecule has 4 aromatic carbocycles. The Labute approximate surface area is 317 Å². The van der Waals surface area contributed by atoms with E-state index < -0.39 is 23.7 Å². The monoisotopic (exact) mass is 759 g/mol. The molecular formula is C41H42FNO12. The highest BCUT2D eigenvalue weighted by Gasteiger charge is 2.40. The Morgan fingerprint density at radius 2 is 1.31 bits per heavy atom. The van der Waals surface area contributed by atoms with Gasteiger partial charge in [-0.25, -0.2) is 4.39 Å². The Morgan fingerprint density at radius 1 is 0.745 bits per heavy atom. The van der Waals surface area contributed by atoms with Crippen LogP contribution in [0.1, 0.15) is 46.2 Å². The van der Waals surface area contributed by atoms with Crippen LogP contribution < -0.4 is 47.9 Å². The second-order valence-electron chi connectivity index (χ2n) is 12.6. The number of nitrogens with one attached hydrogen (secondary N) is 1. The zero-order valence-corrected chi connectivity index (χ0v) is 31.5. The van der Waals surface area contributed by atoms with Crippen LogP contribution in [-0.2, 0) is 14.3 Å². The summed E-state index contributed by atoms with van der Waals surface area (Å²) in [5.41, 5.74) is 3.46. The highest BCUT2D eigenvalue weighted by atomic mass is 19.1. The minimum absolute atomic E-state index is 0.000377. The molecule has 0 saturated carbocycles. The Bertz CT molecular complexity index is 2050. The Morgan fingerprint density at radius 3 is 1.85 bits per heavy atom. The number of amides is 1. The highest BCUT2D eigenvalue weighted by Crippen LogP contribution is 2.52. The smallest absolute Gasteiger partial charge is 0.293 e. The van der Waals surface area contributed by atoms with Crippen LogP contribution in [0.5, 0.6) is 51.7 Å². The van der Waals surface area contributed by atoms with Crippen LogP contribution in [0.3, 0.4) is 0 Å². The lowest BCUT2D eigenvalue weighted by Gasteiger charge is -2.39. The first-order valence-electron chi connectivity index (χ1n) is 17.2. The molecule has 1 aliphatic heterocycles. The van der Waals surface area contributed by atoms with Gasteiger partial charge in [0.1, 0.15) is 0 Å². The van der Waals surface area contributed by atoms with Gasteiger partial charge in [-0.3, -0.25) is 9.59 Å². The SMILES string of the molecule is COc1cc(/C=C(/C(=O)N[C@@H]2c3cc4c(cc3[C@@H](c3cc(OC)c(OC)c(OC)c3)C[C@@H]2COC=O)OCO4)c2cc(OC)c(OC)c(OC)c2)ccc1F. The van der Waals surface area contributed by atoms with Gasteiger partial charge in [-0.15, -0.1) is 0 Å². The van der Waals surface area contributed by atoms with Gasteiger partial charge in [0.05, 0.1) is 62.4 Å². The molecule has 0 saturated heterocycles. The van der Waals surface area contributed by atoms with Crippen molar-refractivity contribution in [3.63, 3.8) is 0 Å². The second-order valence-corrected chi connectivity index (χ2v) is 12.6. The van der Waals surface area contributed by atoms with E-state index in [1.54, 1.807) is 32.4 Å². The number of benzene rings is 4. The van der Waals surface area contributed by atoms with Crippen LogP contribution >= 0.6 is 0 Å². The number of rotatable bonds is 15. The molecule has 0 unspecified atom stereocenters. The average Bonchev–Trinajstić information content (AvgIpc) is 3.68. The Balaban J connectivity index is 1.51. The van der Waals surface area contributed by atoms with Crippen molar-refractivity contribution in [3.8, 4) is 51.7 Å². The first kappa shape index (κ1) is 38.4. The van der Waals surface area contributed by atoms with Gasteiger partial charge in [0.25, 0.3) is 12.4 Å². The van der Waals surface area contributed by atoms with Crippen LogP contribution in [-0.4, -0.2) is 75.5 Å². The van der Waals surface area contributed by atoms with Crippen molar-refractivity contribution in [3.05, 3.63) is 88.2 Å². The summed E-state index contributed by atoms with van der Waals surface area (Å²) in [5.74, 6) is 1.56. The minimum atomic E-state index is -0.705. The average molecular weight is 760 g/mol. The summed E-state index contributed by atoms with van der Waals surface area (Å²) < 4.78 is 70.5. The van der Waals surface area contributed by atoms with Crippen molar-refractivity contribution < 1.29 is 61.3 Å². The zero-order valence-electron chi connectivity index (χ0n) is 31.5. The maximum atomic E-state index is 14.8. The van der Waals surface area contributed by atoms with Crippen LogP contribution in [0.25, 0.3) is 11.6 Å². The maximum Gasteiger partial charge on any atom is 0.293 e. The normalized spacial score (nSPS) is 17.0. The third kappa shape index (κ3) is 7.57. The number of carbonyl (C=O) groups is 2. The fraction of sp³-hybridized carbons (Fsp3) is 0.317.